The summed E-state index contributed by atoms with van der Waals surface area (Å²) in [6, 6.07) is 11.7. The summed E-state index contributed by atoms with van der Waals surface area (Å²) in [5, 5.41) is 6.40. The minimum Gasteiger partial charge on any atom is -0.490 e. The van der Waals surface area contributed by atoms with Crippen molar-refractivity contribution in [3.8, 4) is 5.75 Å². The van der Waals surface area contributed by atoms with Gasteiger partial charge in [0.2, 0.25) is 16.0 Å². The van der Waals surface area contributed by atoms with Gasteiger partial charge in [-0.15, -0.1) is 0 Å². The molecule has 186 valence electrons. The summed E-state index contributed by atoms with van der Waals surface area (Å²) in [7, 11) is -3.19. The van der Waals surface area contributed by atoms with Crippen LogP contribution in [0.25, 0.3) is 0 Å². The molecule has 1 saturated carbocycles. The first-order valence-electron chi connectivity index (χ1n) is 11.8. The summed E-state index contributed by atoms with van der Waals surface area (Å²) in [6.45, 7) is 10.3. The summed E-state index contributed by atoms with van der Waals surface area (Å²) in [5.41, 5.74) is 5.65. The van der Waals surface area contributed by atoms with Crippen LogP contribution in [0.1, 0.15) is 48.9 Å². The molecule has 0 atom stereocenters. The molecule has 1 fully saturated rings. The summed E-state index contributed by atoms with van der Waals surface area (Å²) < 4.78 is 32.7. The summed E-state index contributed by atoms with van der Waals surface area (Å²) in [6.07, 6.45) is 3.39. The van der Waals surface area contributed by atoms with Crippen LogP contribution in [0, 0.1) is 20.8 Å². The van der Waals surface area contributed by atoms with Crippen molar-refractivity contribution < 1.29 is 13.2 Å². The van der Waals surface area contributed by atoms with Gasteiger partial charge in [-0.25, -0.2) is 18.1 Å². The van der Waals surface area contributed by atoms with E-state index in [0.29, 0.717) is 18.3 Å². The van der Waals surface area contributed by atoms with E-state index in [1.165, 1.54) is 0 Å². The van der Waals surface area contributed by atoms with Crippen LogP contribution in [0.15, 0.2) is 42.6 Å². The van der Waals surface area contributed by atoms with Crippen molar-refractivity contribution in [2.45, 2.75) is 65.4 Å². The lowest BCUT2D eigenvalue weighted by atomic mass is 10.1. The second-order valence-corrected chi connectivity index (χ2v) is 11.4. The molecule has 3 N–H and O–H groups in total. The van der Waals surface area contributed by atoms with Crippen LogP contribution in [0.5, 0.6) is 5.75 Å². The monoisotopic (exact) mass is 495 g/mol. The van der Waals surface area contributed by atoms with E-state index < -0.39 is 10.0 Å². The normalized spacial score (nSPS) is 13.7. The molecule has 0 bridgehead atoms. The van der Waals surface area contributed by atoms with E-state index in [9.17, 15) is 8.42 Å². The van der Waals surface area contributed by atoms with Crippen molar-refractivity contribution in [3.05, 3.63) is 64.8 Å². The van der Waals surface area contributed by atoms with Gasteiger partial charge in [-0.2, -0.15) is 4.98 Å². The smallest absolute Gasteiger partial charge is 0.229 e. The number of hydrogen-bond acceptors (Lipinski definition) is 7. The zero-order valence-corrected chi connectivity index (χ0v) is 21.7. The second kappa shape index (κ2) is 10.2. The van der Waals surface area contributed by atoms with Gasteiger partial charge in [-0.3, -0.25) is 0 Å². The molecule has 0 aliphatic heterocycles. The molecule has 3 aromatic rings. The van der Waals surface area contributed by atoms with Gasteiger partial charge in [0.15, 0.2) is 0 Å². The van der Waals surface area contributed by atoms with Crippen molar-refractivity contribution in [2.75, 3.05) is 10.6 Å². The van der Waals surface area contributed by atoms with E-state index in [-0.39, 0.29) is 11.4 Å². The Labute approximate surface area is 207 Å². The van der Waals surface area contributed by atoms with Crippen LogP contribution >= 0.6 is 0 Å². The Hall–Kier alpha value is -3.17. The molecule has 2 aromatic carbocycles. The van der Waals surface area contributed by atoms with E-state index in [4.69, 9.17) is 4.74 Å². The predicted octanol–water partition coefficient (Wildman–Crippen LogP) is 5.26. The van der Waals surface area contributed by atoms with Crippen LogP contribution in [-0.4, -0.2) is 29.7 Å². The molecule has 0 spiro atoms. The zero-order chi connectivity index (χ0) is 25.2. The third-order valence-electron chi connectivity index (χ3n) is 5.70. The minimum absolute atomic E-state index is 0.112. The Balaban J connectivity index is 1.43. The lowest BCUT2D eigenvalue weighted by Crippen LogP contribution is -2.26. The number of aryl methyl sites for hydroxylation is 3. The maximum Gasteiger partial charge on any atom is 0.229 e. The van der Waals surface area contributed by atoms with Crippen LogP contribution < -0.4 is 20.1 Å². The van der Waals surface area contributed by atoms with Crippen LogP contribution in [0.4, 0.5) is 23.1 Å². The Morgan fingerprint density at radius 2 is 1.63 bits per heavy atom. The van der Waals surface area contributed by atoms with Crippen molar-refractivity contribution in [2.24, 2.45) is 0 Å². The molecular weight excluding hydrogens is 462 g/mol. The van der Waals surface area contributed by atoms with Gasteiger partial charge < -0.3 is 15.4 Å². The lowest BCUT2D eigenvalue weighted by molar-refractivity contribution is 0.239. The third kappa shape index (κ3) is 6.49. The number of ether oxygens (including phenoxy) is 1. The summed E-state index contributed by atoms with van der Waals surface area (Å²) >= 11 is 0. The molecule has 9 heteroatoms. The molecule has 1 aliphatic carbocycles. The summed E-state index contributed by atoms with van der Waals surface area (Å²) in [4.78, 5) is 9.08. The zero-order valence-electron chi connectivity index (χ0n) is 20.8. The fourth-order valence-electron chi connectivity index (χ4n) is 3.72. The first-order chi connectivity index (χ1) is 16.6. The standard InChI is InChI=1S/C26H33N5O3S/c1-16(2)34-24-17(3)12-22(13-18(24)4)30-26-27-14-19(5)25(31-26)29-21-8-6-20(7-9-21)15-28-35(32,33)23-10-11-23/h6-9,12-14,16,23,28H,10-11,15H2,1-5H3,(H2,27,29,30,31). The minimum atomic E-state index is -3.19. The SMILES string of the molecule is Cc1cnc(Nc2cc(C)c(OC(C)C)c(C)c2)nc1Nc1ccc(CNS(=O)(=O)C2CC2)cc1. The Kier molecular flexibility index (Phi) is 7.28. The molecule has 0 saturated heterocycles. The predicted molar refractivity (Wildman–Crippen MR) is 140 cm³/mol. The fraction of sp³-hybridized carbons (Fsp3) is 0.385. The van der Waals surface area contributed by atoms with Gasteiger partial charge in [-0.1, -0.05) is 12.1 Å². The van der Waals surface area contributed by atoms with Gasteiger partial charge in [0, 0.05) is 29.7 Å². The van der Waals surface area contributed by atoms with E-state index in [0.717, 1.165) is 52.2 Å². The molecule has 1 aliphatic rings. The number of rotatable bonds is 10. The van der Waals surface area contributed by atoms with Crippen LogP contribution in [0.2, 0.25) is 0 Å². The molecule has 35 heavy (non-hydrogen) atoms. The van der Waals surface area contributed by atoms with Crippen LogP contribution in [0.3, 0.4) is 0 Å². The highest BCUT2D eigenvalue weighted by atomic mass is 32.2. The lowest BCUT2D eigenvalue weighted by Gasteiger charge is -2.17. The molecule has 1 aromatic heterocycles. The number of anilines is 4. The van der Waals surface area contributed by atoms with Crippen molar-refractivity contribution in [1.29, 1.82) is 0 Å². The number of sulfonamides is 1. The van der Waals surface area contributed by atoms with Gasteiger partial charge in [0.05, 0.1) is 11.4 Å². The maximum atomic E-state index is 12.0. The number of nitrogens with one attached hydrogen (secondary N) is 3. The second-order valence-electron chi connectivity index (χ2n) is 9.34. The highest BCUT2D eigenvalue weighted by Gasteiger charge is 2.35. The molecule has 4 rings (SSSR count). The number of benzene rings is 2. The topological polar surface area (TPSA) is 105 Å². The molecule has 0 radical (unpaired) electrons. The first-order valence-corrected chi connectivity index (χ1v) is 13.4. The molecule has 0 unspecified atom stereocenters. The average molecular weight is 496 g/mol. The van der Waals surface area contributed by atoms with Crippen molar-refractivity contribution >= 4 is 33.2 Å². The largest absolute Gasteiger partial charge is 0.490 e. The molecule has 1 heterocycles. The van der Waals surface area contributed by atoms with Gasteiger partial charge in [-0.05, 0) is 88.4 Å². The van der Waals surface area contributed by atoms with E-state index >= 15 is 0 Å². The Bertz CT molecular complexity index is 1280. The Morgan fingerprint density at radius 1 is 0.971 bits per heavy atom. The van der Waals surface area contributed by atoms with Crippen LogP contribution in [-0.2, 0) is 16.6 Å². The first kappa shape index (κ1) is 24.9. The number of aromatic nitrogens is 2. The quantitative estimate of drug-likeness (QED) is 0.352. The van der Waals surface area contributed by atoms with E-state index in [1.807, 2.05) is 71.0 Å². The summed E-state index contributed by atoms with van der Waals surface area (Å²) in [5.74, 6) is 2.08. The molecular formula is C26H33N5O3S. The van der Waals surface area contributed by atoms with Crippen molar-refractivity contribution in [3.63, 3.8) is 0 Å². The number of nitrogens with zero attached hydrogens (tertiary/aromatic N) is 2. The van der Waals surface area contributed by atoms with Gasteiger partial charge in [0.1, 0.15) is 11.6 Å². The fourth-order valence-corrected chi connectivity index (χ4v) is 5.08. The van der Waals surface area contributed by atoms with Crippen molar-refractivity contribution in [1.82, 2.24) is 14.7 Å². The van der Waals surface area contributed by atoms with E-state index in [1.54, 1.807) is 6.20 Å². The van der Waals surface area contributed by atoms with Gasteiger partial charge in [0.25, 0.3) is 0 Å². The van der Waals surface area contributed by atoms with E-state index in [2.05, 4.69) is 25.3 Å². The molecule has 0 amide bonds. The Morgan fingerprint density at radius 3 is 2.23 bits per heavy atom. The number of hydrogen-bond donors (Lipinski definition) is 3. The van der Waals surface area contributed by atoms with Gasteiger partial charge >= 0.3 is 0 Å². The highest BCUT2D eigenvalue weighted by Crippen LogP contribution is 2.30. The maximum absolute atomic E-state index is 12.0. The molecule has 8 nitrogen and oxygen atoms in total. The highest BCUT2D eigenvalue weighted by molar-refractivity contribution is 7.90. The average Bonchev–Trinajstić information content (AvgIpc) is 3.64. The third-order valence-corrected chi connectivity index (χ3v) is 7.59.